The molecule has 2 N–H and O–H groups in total. The van der Waals surface area contributed by atoms with Crippen molar-refractivity contribution in [1.29, 1.82) is 0 Å². The van der Waals surface area contributed by atoms with E-state index in [2.05, 4.69) is 27.4 Å². The van der Waals surface area contributed by atoms with E-state index in [0.717, 1.165) is 49.5 Å². The zero-order valence-corrected chi connectivity index (χ0v) is 18.6. The number of hydrogen-bond acceptors (Lipinski definition) is 5. The molecule has 0 bridgehead atoms. The number of carbonyl (C=O) groups is 2. The summed E-state index contributed by atoms with van der Waals surface area (Å²) in [6, 6.07) is 17.6. The number of amides is 2. The Morgan fingerprint density at radius 3 is 2.23 bits per heavy atom. The van der Waals surface area contributed by atoms with Crippen LogP contribution in [0.15, 0.2) is 54.6 Å². The van der Waals surface area contributed by atoms with E-state index in [1.54, 1.807) is 0 Å². The summed E-state index contributed by atoms with van der Waals surface area (Å²) in [5.41, 5.74) is 2.49. The second kappa shape index (κ2) is 10.3. The summed E-state index contributed by atoms with van der Waals surface area (Å²) in [5, 5.41) is 6.05. The van der Waals surface area contributed by atoms with Gasteiger partial charge in [0, 0.05) is 37.6 Å². The molecule has 1 unspecified atom stereocenters. The molecule has 2 aromatic rings. The standard InChI is InChI=1S/C24H32N4O3/c1-4-24(2,19-8-6-5-7-9-19)26-23(30)25-20-10-12-21(13-11-20)28-16-14-27(15-17-28)18-22(29)31-3/h5-13H,4,14-18H2,1-3H3,(H2,25,26,30). The number of piperazine rings is 1. The number of nitrogens with one attached hydrogen (secondary N) is 2. The number of methoxy groups -OCH3 is 1. The van der Waals surface area contributed by atoms with E-state index >= 15 is 0 Å². The van der Waals surface area contributed by atoms with Gasteiger partial charge in [-0.1, -0.05) is 37.3 Å². The van der Waals surface area contributed by atoms with E-state index in [4.69, 9.17) is 4.74 Å². The Kier molecular flexibility index (Phi) is 7.52. The molecular formula is C24H32N4O3. The van der Waals surface area contributed by atoms with Gasteiger partial charge in [-0.15, -0.1) is 0 Å². The predicted octanol–water partition coefficient (Wildman–Crippen LogP) is 3.43. The third kappa shape index (κ3) is 5.98. The van der Waals surface area contributed by atoms with Crippen LogP contribution < -0.4 is 15.5 Å². The molecule has 1 atom stereocenters. The molecule has 1 aliphatic heterocycles. The normalized spacial score (nSPS) is 16.3. The Labute approximate surface area is 184 Å². The number of hydrogen-bond donors (Lipinski definition) is 2. The molecule has 2 amide bonds. The largest absolute Gasteiger partial charge is 0.468 e. The van der Waals surface area contributed by atoms with Gasteiger partial charge in [-0.05, 0) is 43.2 Å². The van der Waals surface area contributed by atoms with Gasteiger partial charge in [0.25, 0.3) is 0 Å². The van der Waals surface area contributed by atoms with Crippen molar-refractivity contribution in [2.24, 2.45) is 0 Å². The van der Waals surface area contributed by atoms with Gasteiger partial charge in [-0.25, -0.2) is 4.79 Å². The van der Waals surface area contributed by atoms with Crippen molar-refractivity contribution in [3.8, 4) is 0 Å². The van der Waals surface area contributed by atoms with Gasteiger partial charge >= 0.3 is 12.0 Å². The zero-order chi connectivity index (χ0) is 22.3. The highest BCUT2D eigenvalue weighted by atomic mass is 16.5. The number of benzene rings is 2. The lowest BCUT2D eigenvalue weighted by Crippen LogP contribution is -2.48. The molecular weight excluding hydrogens is 392 g/mol. The monoisotopic (exact) mass is 424 g/mol. The van der Waals surface area contributed by atoms with Gasteiger partial charge in [0.1, 0.15) is 0 Å². The van der Waals surface area contributed by atoms with Gasteiger partial charge < -0.3 is 20.3 Å². The van der Waals surface area contributed by atoms with Crippen molar-refractivity contribution in [1.82, 2.24) is 10.2 Å². The first-order valence-electron chi connectivity index (χ1n) is 10.7. The third-order valence-electron chi connectivity index (χ3n) is 5.95. The summed E-state index contributed by atoms with van der Waals surface area (Å²) in [5.74, 6) is -0.200. The fourth-order valence-electron chi connectivity index (χ4n) is 3.75. The van der Waals surface area contributed by atoms with Crippen LogP contribution in [-0.4, -0.2) is 56.7 Å². The lowest BCUT2D eigenvalue weighted by molar-refractivity contribution is -0.142. The first-order chi connectivity index (χ1) is 14.9. The van der Waals surface area contributed by atoms with Crippen LogP contribution in [0.5, 0.6) is 0 Å². The molecule has 0 radical (unpaired) electrons. The van der Waals surface area contributed by atoms with Crippen LogP contribution in [0.4, 0.5) is 16.2 Å². The van der Waals surface area contributed by atoms with Crippen LogP contribution in [0.1, 0.15) is 25.8 Å². The highest BCUT2D eigenvalue weighted by Crippen LogP contribution is 2.25. The Hall–Kier alpha value is -3.06. The molecule has 1 fully saturated rings. The second-order valence-corrected chi connectivity index (χ2v) is 8.02. The van der Waals surface area contributed by atoms with Gasteiger partial charge in [0.05, 0.1) is 19.2 Å². The molecule has 1 saturated heterocycles. The Bertz CT molecular complexity index is 864. The Balaban J connectivity index is 1.53. The topological polar surface area (TPSA) is 73.9 Å². The van der Waals surface area contributed by atoms with Gasteiger partial charge in [-0.3, -0.25) is 9.69 Å². The summed E-state index contributed by atoms with van der Waals surface area (Å²) in [6.07, 6.45) is 0.783. The fourth-order valence-corrected chi connectivity index (χ4v) is 3.75. The summed E-state index contributed by atoms with van der Waals surface area (Å²) >= 11 is 0. The average Bonchev–Trinajstić information content (AvgIpc) is 2.80. The lowest BCUT2D eigenvalue weighted by atomic mass is 9.89. The maximum absolute atomic E-state index is 12.6. The highest BCUT2D eigenvalue weighted by Gasteiger charge is 2.26. The molecule has 0 saturated carbocycles. The summed E-state index contributed by atoms with van der Waals surface area (Å²) in [4.78, 5) is 28.4. The van der Waals surface area contributed by atoms with Crippen LogP contribution in [0, 0.1) is 0 Å². The van der Waals surface area contributed by atoms with E-state index in [0.29, 0.717) is 6.54 Å². The fraction of sp³-hybridized carbons (Fsp3) is 0.417. The van der Waals surface area contributed by atoms with E-state index in [1.807, 2.05) is 61.5 Å². The number of nitrogens with zero attached hydrogens (tertiary/aromatic N) is 2. The molecule has 7 heteroatoms. The maximum atomic E-state index is 12.6. The number of esters is 1. The Morgan fingerprint density at radius 2 is 1.65 bits per heavy atom. The van der Waals surface area contributed by atoms with Crippen LogP contribution >= 0.6 is 0 Å². The SMILES string of the molecule is CCC(C)(NC(=O)Nc1ccc(N2CCN(CC(=O)OC)CC2)cc1)c1ccccc1. The summed E-state index contributed by atoms with van der Waals surface area (Å²) in [6.45, 7) is 7.74. The number of urea groups is 1. The molecule has 1 aliphatic rings. The molecule has 2 aromatic carbocycles. The number of anilines is 2. The summed E-state index contributed by atoms with van der Waals surface area (Å²) in [7, 11) is 1.42. The van der Waals surface area contributed by atoms with Gasteiger partial charge in [0.15, 0.2) is 0 Å². The van der Waals surface area contributed by atoms with Crippen molar-refractivity contribution >= 4 is 23.4 Å². The number of carbonyl (C=O) groups excluding carboxylic acids is 2. The third-order valence-corrected chi connectivity index (χ3v) is 5.95. The quantitative estimate of drug-likeness (QED) is 0.666. The zero-order valence-electron chi connectivity index (χ0n) is 18.6. The van der Waals surface area contributed by atoms with Crippen LogP contribution in [0.2, 0.25) is 0 Å². The van der Waals surface area contributed by atoms with Crippen molar-refractivity contribution in [3.05, 3.63) is 60.2 Å². The second-order valence-electron chi connectivity index (χ2n) is 8.02. The lowest BCUT2D eigenvalue weighted by Gasteiger charge is -2.35. The molecule has 31 heavy (non-hydrogen) atoms. The molecule has 0 spiro atoms. The average molecular weight is 425 g/mol. The molecule has 3 rings (SSSR count). The smallest absolute Gasteiger partial charge is 0.319 e. The molecule has 7 nitrogen and oxygen atoms in total. The van der Waals surface area contributed by atoms with Crippen molar-refractivity contribution < 1.29 is 14.3 Å². The number of ether oxygens (including phenoxy) is 1. The highest BCUT2D eigenvalue weighted by molar-refractivity contribution is 5.90. The molecule has 0 aliphatic carbocycles. The van der Waals surface area contributed by atoms with E-state index in [-0.39, 0.29) is 12.0 Å². The van der Waals surface area contributed by atoms with Gasteiger partial charge in [-0.2, -0.15) is 0 Å². The van der Waals surface area contributed by atoms with Crippen LogP contribution in [-0.2, 0) is 15.1 Å². The molecule has 1 heterocycles. The minimum atomic E-state index is -0.435. The number of rotatable bonds is 7. The molecule has 166 valence electrons. The summed E-state index contributed by atoms with van der Waals surface area (Å²) < 4.78 is 4.74. The minimum Gasteiger partial charge on any atom is -0.468 e. The van der Waals surface area contributed by atoms with Crippen molar-refractivity contribution in [2.75, 3.05) is 50.1 Å². The predicted molar refractivity (Wildman–Crippen MR) is 123 cm³/mol. The van der Waals surface area contributed by atoms with Crippen molar-refractivity contribution in [3.63, 3.8) is 0 Å². The van der Waals surface area contributed by atoms with E-state index in [9.17, 15) is 9.59 Å². The first-order valence-corrected chi connectivity index (χ1v) is 10.7. The maximum Gasteiger partial charge on any atom is 0.319 e. The van der Waals surface area contributed by atoms with E-state index in [1.165, 1.54) is 7.11 Å². The van der Waals surface area contributed by atoms with E-state index < -0.39 is 5.54 Å². The minimum absolute atomic E-state index is 0.200. The van der Waals surface area contributed by atoms with Crippen LogP contribution in [0.25, 0.3) is 0 Å². The molecule has 0 aromatic heterocycles. The van der Waals surface area contributed by atoms with Crippen LogP contribution in [0.3, 0.4) is 0 Å². The first kappa shape index (κ1) is 22.6. The Morgan fingerprint density at radius 1 is 1.00 bits per heavy atom. The van der Waals surface area contributed by atoms with Crippen molar-refractivity contribution in [2.45, 2.75) is 25.8 Å². The van der Waals surface area contributed by atoms with Gasteiger partial charge in [0.2, 0.25) is 0 Å².